The molecule has 84 valence electrons. The van der Waals surface area contributed by atoms with Crippen LogP contribution >= 0.6 is 0 Å². The molecule has 0 unspecified atom stereocenters. The van der Waals surface area contributed by atoms with Crippen molar-refractivity contribution in [2.75, 3.05) is 6.54 Å². The van der Waals surface area contributed by atoms with Crippen LogP contribution in [0.1, 0.15) is 44.2 Å². The lowest BCUT2D eigenvalue weighted by Crippen LogP contribution is -2.27. The van der Waals surface area contributed by atoms with Crippen LogP contribution < -0.4 is 5.32 Å². The average Bonchev–Trinajstić information content (AvgIpc) is 2.48. The van der Waals surface area contributed by atoms with Crippen molar-refractivity contribution in [1.82, 2.24) is 14.9 Å². The number of nitrogens with one attached hydrogen (secondary N) is 1. The Bertz CT molecular complexity index is 330. The van der Waals surface area contributed by atoms with Gasteiger partial charge >= 0.3 is 0 Å². The molecule has 0 saturated heterocycles. The van der Waals surface area contributed by atoms with Crippen molar-refractivity contribution in [3.63, 3.8) is 0 Å². The number of nitrogens with zero attached hydrogens (tertiary/aromatic N) is 2. The number of fused-ring (bicyclic) bond motifs is 1. The van der Waals surface area contributed by atoms with Crippen LogP contribution in [-0.2, 0) is 6.54 Å². The molecule has 2 atom stereocenters. The molecular formula is C12H21N3. The molecule has 0 radical (unpaired) electrons. The molecule has 1 aliphatic rings. The van der Waals surface area contributed by atoms with Gasteiger partial charge in [0, 0.05) is 12.7 Å². The third-order valence-corrected chi connectivity index (χ3v) is 3.36. The number of hydrogen-bond acceptors (Lipinski definition) is 2. The van der Waals surface area contributed by atoms with Gasteiger partial charge < -0.3 is 9.88 Å². The second kappa shape index (κ2) is 4.35. The predicted molar refractivity (Wildman–Crippen MR) is 61.8 cm³/mol. The van der Waals surface area contributed by atoms with Gasteiger partial charge in [0.05, 0.1) is 11.7 Å². The van der Waals surface area contributed by atoms with Crippen molar-refractivity contribution in [2.45, 2.75) is 46.2 Å². The summed E-state index contributed by atoms with van der Waals surface area (Å²) in [7, 11) is 0. The summed E-state index contributed by atoms with van der Waals surface area (Å²) in [5.41, 5.74) is 1.14. The van der Waals surface area contributed by atoms with Gasteiger partial charge in [0.2, 0.25) is 0 Å². The summed E-state index contributed by atoms with van der Waals surface area (Å²) in [5, 5.41) is 3.62. The molecule has 3 nitrogen and oxygen atoms in total. The fourth-order valence-electron chi connectivity index (χ4n) is 2.28. The summed E-state index contributed by atoms with van der Waals surface area (Å²) >= 11 is 0. The summed E-state index contributed by atoms with van der Waals surface area (Å²) in [6.45, 7) is 8.84. The Labute approximate surface area is 91.9 Å². The van der Waals surface area contributed by atoms with Crippen LogP contribution in [-0.4, -0.2) is 16.1 Å². The number of imidazole rings is 1. The molecule has 0 aromatic carbocycles. The van der Waals surface area contributed by atoms with Crippen LogP contribution in [0.3, 0.4) is 0 Å². The first-order valence-corrected chi connectivity index (χ1v) is 5.99. The Kier molecular flexibility index (Phi) is 3.10. The van der Waals surface area contributed by atoms with Gasteiger partial charge in [0.1, 0.15) is 5.82 Å². The highest BCUT2D eigenvalue weighted by Gasteiger charge is 2.24. The quantitative estimate of drug-likeness (QED) is 0.806. The molecule has 1 aromatic rings. The monoisotopic (exact) mass is 207 g/mol. The van der Waals surface area contributed by atoms with Crippen molar-refractivity contribution in [3.8, 4) is 0 Å². The van der Waals surface area contributed by atoms with Gasteiger partial charge in [0.15, 0.2) is 0 Å². The minimum absolute atomic E-state index is 0.436. The molecule has 1 aliphatic heterocycles. The second-order valence-electron chi connectivity index (χ2n) is 4.60. The molecule has 0 saturated carbocycles. The molecular weight excluding hydrogens is 186 g/mol. The molecule has 2 heterocycles. The third-order valence-electron chi connectivity index (χ3n) is 3.36. The molecule has 0 aliphatic carbocycles. The van der Waals surface area contributed by atoms with E-state index in [9.17, 15) is 0 Å². The summed E-state index contributed by atoms with van der Waals surface area (Å²) in [4.78, 5) is 4.66. The van der Waals surface area contributed by atoms with Crippen molar-refractivity contribution in [1.29, 1.82) is 0 Å². The topological polar surface area (TPSA) is 29.9 Å². The zero-order chi connectivity index (χ0) is 10.8. The minimum atomic E-state index is 0.436. The number of rotatable bonds is 2. The predicted octanol–water partition coefficient (Wildman–Crippen LogP) is 2.27. The van der Waals surface area contributed by atoms with Gasteiger partial charge in [-0.05, 0) is 25.8 Å². The van der Waals surface area contributed by atoms with E-state index in [0.29, 0.717) is 12.0 Å². The Morgan fingerprint density at radius 1 is 1.67 bits per heavy atom. The Morgan fingerprint density at radius 2 is 2.47 bits per heavy atom. The van der Waals surface area contributed by atoms with Crippen molar-refractivity contribution < 1.29 is 0 Å². The molecule has 0 fully saturated rings. The van der Waals surface area contributed by atoms with E-state index in [4.69, 9.17) is 0 Å². The van der Waals surface area contributed by atoms with E-state index < -0.39 is 0 Å². The van der Waals surface area contributed by atoms with E-state index in [0.717, 1.165) is 18.8 Å². The molecule has 2 rings (SSSR count). The van der Waals surface area contributed by atoms with Crippen LogP contribution in [0.4, 0.5) is 0 Å². The fourth-order valence-corrected chi connectivity index (χ4v) is 2.28. The second-order valence-corrected chi connectivity index (χ2v) is 4.60. The van der Waals surface area contributed by atoms with E-state index in [1.54, 1.807) is 0 Å². The van der Waals surface area contributed by atoms with E-state index in [-0.39, 0.29) is 0 Å². The third kappa shape index (κ3) is 2.07. The maximum Gasteiger partial charge on any atom is 0.126 e. The molecule has 1 aromatic heterocycles. The SMILES string of the molecule is CC[C@H](C)[C@@H]1NCCCn2cc(C)nc21. The standard InChI is InChI=1S/C12H21N3/c1-4-9(2)11-12-14-10(3)8-15(12)7-5-6-13-11/h8-9,11,13H,4-7H2,1-3H3/t9-,11-/m0/s1. The largest absolute Gasteiger partial charge is 0.333 e. The summed E-state index contributed by atoms with van der Waals surface area (Å²) < 4.78 is 2.33. The van der Waals surface area contributed by atoms with Gasteiger partial charge in [-0.3, -0.25) is 0 Å². The first-order valence-electron chi connectivity index (χ1n) is 5.99. The smallest absolute Gasteiger partial charge is 0.126 e. The highest BCUT2D eigenvalue weighted by molar-refractivity contribution is 5.08. The number of hydrogen-bond donors (Lipinski definition) is 1. The molecule has 3 heteroatoms. The van der Waals surface area contributed by atoms with E-state index in [1.807, 2.05) is 0 Å². The van der Waals surface area contributed by atoms with Crippen molar-refractivity contribution >= 4 is 0 Å². The Morgan fingerprint density at radius 3 is 3.20 bits per heavy atom. The average molecular weight is 207 g/mol. The lowest BCUT2D eigenvalue weighted by Gasteiger charge is -2.21. The molecule has 0 bridgehead atoms. The first kappa shape index (κ1) is 10.7. The van der Waals surface area contributed by atoms with Crippen LogP contribution in [0.25, 0.3) is 0 Å². The maximum atomic E-state index is 4.66. The van der Waals surface area contributed by atoms with Crippen LogP contribution in [0, 0.1) is 12.8 Å². The lowest BCUT2D eigenvalue weighted by atomic mass is 9.98. The van der Waals surface area contributed by atoms with Gasteiger partial charge in [-0.2, -0.15) is 0 Å². The zero-order valence-electron chi connectivity index (χ0n) is 9.95. The number of aryl methyl sites for hydroxylation is 2. The van der Waals surface area contributed by atoms with Crippen LogP contribution in [0.15, 0.2) is 6.20 Å². The van der Waals surface area contributed by atoms with E-state index >= 15 is 0 Å². The summed E-state index contributed by atoms with van der Waals surface area (Å²) in [6, 6.07) is 0.436. The summed E-state index contributed by atoms with van der Waals surface area (Å²) in [6.07, 6.45) is 4.58. The summed E-state index contributed by atoms with van der Waals surface area (Å²) in [5.74, 6) is 1.89. The van der Waals surface area contributed by atoms with Crippen molar-refractivity contribution in [2.24, 2.45) is 5.92 Å². The van der Waals surface area contributed by atoms with E-state index in [2.05, 4.69) is 41.8 Å². The maximum absolute atomic E-state index is 4.66. The van der Waals surface area contributed by atoms with Gasteiger partial charge in [-0.25, -0.2) is 4.98 Å². The van der Waals surface area contributed by atoms with Gasteiger partial charge in [-0.15, -0.1) is 0 Å². The Balaban J connectivity index is 2.31. The lowest BCUT2D eigenvalue weighted by molar-refractivity contribution is 0.370. The highest BCUT2D eigenvalue weighted by atomic mass is 15.1. The first-order chi connectivity index (χ1) is 7.22. The van der Waals surface area contributed by atoms with Gasteiger partial charge in [-0.1, -0.05) is 20.3 Å². The Hall–Kier alpha value is -0.830. The molecule has 0 amide bonds. The normalized spacial score (nSPS) is 23.3. The molecule has 0 spiro atoms. The van der Waals surface area contributed by atoms with Crippen LogP contribution in [0.2, 0.25) is 0 Å². The van der Waals surface area contributed by atoms with Crippen molar-refractivity contribution in [3.05, 3.63) is 17.7 Å². The van der Waals surface area contributed by atoms with E-state index in [1.165, 1.54) is 18.7 Å². The van der Waals surface area contributed by atoms with Gasteiger partial charge in [0.25, 0.3) is 0 Å². The molecule has 15 heavy (non-hydrogen) atoms. The highest BCUT2D eigenvalue weighted by Crippen LogP contribution is 2.25. The fraction of sp³-hybridized carbons (Fsp3) is 0.750. The minimum Gasteiger partial charge on any atom is -0.333 e. The zero-order valence-corrected chi connectivity index (χ0v) is 9.95. The number of aromatic nitrogens is 2. The van der Waals surface area contributed by atoms with Crippen LogP contribution in [0.5, 0.6) is 0 Å². The molecule has 1 N–H and O–H groups in total.